The van der Waals surface area contributed by atoms with Crippen molar-refractivity contribution in [3.8, 4) is 0 Å². The van der Waals surface area contributed by atoms with E-state index in [2.05, 4.69) is 25.4 Å². The Bertz CT molecular complexity index is 441. The average molecular weight is 306 g/mol. The quantitative estimate of drug-likeness (QED) is 0.551. The fourth-order valence-electron chi connectivity index (χ4n) is 1.58. The van der Waals surface area contributed by atoms with E-state index in [1.807, 2.05) is 12.1 Å². The number of hydrogen-bond acceptors (Lipinski definition) is 4. The summed E-state index contributed by atoms with van der Waals surface area (Å²) in [6, 6.07) is 3.81. The Morgan fingerprint density at radius 3 is 2.81 bits per heavy atom. The molecule has 1 aromatic rings. The minimum absolute atomic E-state index is 0.123. The average Bonchev–Trinajstić information content (AvgIpc) is 2.59. The van der Waals surface area contributed by atoms with Crippen molar-refractivity contribution < 1.29 is 9.90 Å². The largest absolute Gasteiger partial charge is 0.481 e. The molecule has 0 aliphatic carbocycles. The Hall–Kier alpha value is -0.920. The van der Waals surface area contributed by atoms with Gasteiger partial charge in [0, 0.05) is 10.9 Å². The molecule has 0 saturated heterocycles. The van der Waals surface area contributed by atoms with E-state index in [0.29, 0.717) is 6.42 Å². The van der Waals surface area contributed by atoms with Gasteiger partial charge in [-0.2, -0.15) is 0 Å². The summed E-state index contributed by atoms with van der Waals surface area (Å²) in [5.74, 6) is -0.794. The first-order chi connectivity index (χ1) is 7.58. The summed E-state index contributed by atoms with van der Waals surface area (Å²) >= 11 is 2.50. The summed E-state index contributed by atoms with van der Waals surface area (Å²) in [6.45, 7) is 0. The van der Waals surface area contributed by atoms with Crippen LogP contribution in [-0.4, -0.2) is 11.1 Å². The number of carbonyl (C=O) groups is 1. The Kier molecular flexibility index (Phi) is 3.27. The van der Waals surface area contributed by atoms with Gasteiger partial charge in [0.2, 0.25) is 0 Å². The zero-order valence-corrected chi connectivity index (χ0v) is 10.8. The number of carboxylic acids is 1. The highest BCUT2D eigenvalue weighted by atomic mass is 79.9. The molecule has 1 aliphatic rings. The van der Waals surface area contributed by atoms with Crippen LogP contribution >= 0.6 is 27.4 Å². The van der Waals surface area contributed by atoms with Crippen LogP contribution in [-0.2, 0) is 11.2 Å². The number of carboxylic acid groups (broad SMARTS) is 1. The Balaban J connectivity index is 2.27. The van der Waals surface area contributed by atoms with Crippen LogP contribution < -0.4 is 14.6 Å². The lowest BCUT2D eigenvalue weighted by atomic mass is 10.1. The molecule has 0 bridgehead atoms. The molecule has 1 unspecified atom stereocenters. The van der Waals surface area contributed by atoms with Crippen molar-refractivity contribution in [3.05, 3.63) is 22.2 Å². The molecular formula is C9H12BrN3O2S. The zero-order valence-electron chi connectivity index (χ0n) is 8.33. The van der Waals surface area contributed by atoms with Crippen LogP contribution in [0.3, 0.4) is 0 Å². The number of thiol groups is 1. The standard InChI is InChI=1S/C9H12BrN3O2S/c10-6-3-1-5(2-4-7(14)15)8-9(6)13-16(11)12-8/h1,3,12-13,16H,2,4,11H2,(H,14,15). The lowest BCUT2D eigenvalue weighted by molar-refractivity contribution is -0.136. The summed E-state index contributed by atoms with van der Waals surface area (Å²) in [4.78, 5) is 10.5. The molecule has 7 heteroatoms. The van der Waals surface area contributed by atoms with Gasteiger partial charge in [-0.25, -0.2) is 0 Å². The number of fused-ring (bicyclic) bond motifs is 1. The molecule has 88 valence electrons. The third kappa shape index (κ3) is 2.26. The van der Waals surface area contributed by atoms with E-state index < -0.39 is 17.4 Å². The molecule has 5 nitrogen and oxygen atoms in total. The van der Waals surface area contributed by atoms with Crippen molar-refractivity contribution in [2.45, 2.75) is 12.8 Å². The lowest BCUT2D eigenvalue weighted by Gasteiger charge is -2.09. The predicted octanol–water partition coefficient (Wildman–Crippen LogP) is 2.01. The fraction of sp³-hybridized carbons (Fsp3) is 0.222. The molecule has 1 atom stereocenters. The summed E-state index contributed by atoms with van der Waals surface area (Å²) < 4.78 is 7.20. The minimum atomic E-state index is -0.928. The molecule has 1 aliphatic heterocycles. The molecule has 2 rings (SSSR count). The van der Waals surface area contributed by atoms with E-state index in [9.17, 15) is 4.79 Å². The van der Waals surface area contributed by atoms with Crippen molar-refractivity contribution in [1.82, 2.24) is 0 Å². The van der Waals surface area contributed by atoms with Gasteiger partial charge < -0.3 is 14.6 Å². The number of nitrogens with two attached hydrogens (primary N) is 1. The first-order valence-electron chi connectivity index (χ1n) is 4.69. The van der Waals surface area contributed by atoms with Gasteiger partial charge in [0.1, 0.15) is 0 Å². The molecule has 0 fully saturated rings. The number of rotatable bonds is 3. The summed E-state index contributed by atoms with van der Waals surface area (Å²) in [7, 11) is 0. The number of aryl methyl sites for hydroxylation is 1. The maximum atomic E-state index is 10.5. The van der Waals surface area contributed by atoms with Gasteiger partial charge in [0.25, 0.3) is 0 Å². The highest BCUT2D eigenvalue weighted by molar-refractivity contribution is 9.10. The van der Waals surface area contributed by atoms with Crippen LogP contribution in [0.25, 0.3) is 0 Å². The zero-order chi connectivity index (χ0) is 11.7. The lowest BCUT2D eigenvalue weighted by Crippen LogP contribution is -2.04. The smallest absolute Gasteiger partial charge is 0.303 e. The van der Waals surface area contributed by atoms with Crippen LogP contribution in [0.2, 0.25) is 0 Å². The van der Waals surface area contributed by atoms with Crippen LogP contribution in [0.4, 0.5) is 11.4 Å². The first kappa shape index (κ1) is 11.6. The summed E-state index contributed by atoms with van der Waals surface area (Å²) in [5.41, 5.74) is 2.82. The topological polar surface area (TPSA) is 87.4 Å². The molecule has 0 saturated carbocycles. The van der Waals surface area contributed by atoms with Crippen molar-refractivity contribution >= 4 is 44.7 Å². The van der Waals surface area contributed by atoms with E-state index in [1.165, 1.54) is 0 Å². The van der Waals surface area contributed by atoms with Gasteiger partial charge in [-0.05, 0) is 34.0 Å². The Morgan fingerprint density at radius 1 is 1.44 bits per heavy atom. The number of nitrogens with one attached hydrogen (secondary N) is 2. The fourth-order valence-corrected chi connectivity index (χ4v) is 3.18. The second-order valence-corrected chi connectivity index (χ2v) is 5.49. The Morgan fingerprint density at radius 2 is 2.12 bits per heavy atom. The normalized spacial score (nSPS) is 19.8. The van der Waals surface area contributed by atoms with Crippen LogP contribution in [0.1, 0.15) is 12.0 Å². The molecule has 0 spiro atoms. The first-order valence-corrected chi connectivity index (χ1v) is 6.89. The third-order valence-electron chi connectivity index (χ3n) is 2.31. The van der Waals surface area contributed by atoms with Gasteiger partial charge in [-0.15, -0.1) is 0 Å². The van der Waals surface area contributed by atoms with Crippen LogP contribution in [0, 0.1) is 0 Å². The number of anilines is 2. The van der Waals surface area contributed by atoms with Crippen LogP contribution in [0.15, 0.2) is 16.6 Å². The van der Waals surface area contributed by atoms with E-state index in [0.717, 1.165) is 21.4 Å². The number of aliphatic carboxylic acids is 1. The molecule has 1 aromatic carbocycles. The van der Waals surface area contributed by atoms with E-state index in [-0.39, 0.29) is 6.42 Å². The van der Waals surface area contributed by atoms with Gasteiger partial charge >= 0.3 is 5.97 Å². The molecular weight excluding hydrogens is 294 g/mol. The second kappa shape index (κ2) is 4.52. The predicted molar refractivity (Wildman–Crippen MR) is 70.5 cm³/mol. The van der Waals surface area contributed by atoms with Gasteiger partial charge in [0.15, 0.2) is 0 Å². The molecule has 0 radical (unpaired) electrons. The molecule has 0 amide bonds. The highest BCUT2D eigenvalue weighted by Crippen LogP contribution is 2.44. The van der Waals surface area contributed by atoms with E-state index in [4.69, 9.17) is 10.2 Å². The second-order valence-electron chi connectivity index (χ2n) is 3.44. The van der Waals surface area contributed by atoms with Gasteiger partial charge in [-0.1, -0.05) is 17.5 Å². The van der Waals surface area contributed by atoms with E-state index >= 15 is 0 Å². The summed E-state index contributed by atoms with van der Waals surface area (Å²) in [6.07, 6.45) is 0.626. The summed E-state index contributed by atoms with van der Waals surface area (Å²) in [5, 5.41) is 14.4. The maximum absolute atomic E-state index is 10.5. The van der Waals surface area contributed by atoms with E-state index in [1.54, 1.807) is 0 Å². The number of halogens is 1. The molecule has 1 heterocycles. The Labute approximate surface area is 104 Å². The molecule has 5 N–H and O–H groups in total. The van der Waals surface area contributed by atoms with Gasteiger partial charge in [-0.3, -0.25) is 9.93 Å². The number of benzene rings is 1. The maximum Gasteiger partial charge on any atom is 0.303 e. The third-order valence-corrected chi connectivity index (χ3v) is 3.90. The molecule has 16 heavy (non-hydrogen) atoms. The number of hydrogen-bond donors (Lipinski definition) is 5. The van der Waals surface area contributed by atoms with Crippen molar-refractivity contribution in [3.63, 3.8) is 0 Å². The minimum Gasteiger partial charge on any atom is -0.481 e. The van der Waals surface area contributed by atoms with Crippen molar-refractivity contribution in [2.24, 2.45) is 5.14 Å². The SMILES string of the molecule is N[SH]1Nc2c(Br)ccc(CCC(=O)O)c2N1. The monoisotopic (exact) mass is 305 g/mol. The van der Waals surface area contributed by atoms with Crippen molar-refractivity contribution in [1.29, 1.82) is 0 Å². The van der Waals surface area contributed by atoms with Crippen molar-refractivity contribution in [2.75, 3.05) is 9.44 Å². The highest BCUT2D eigenvalue weighted by Gasteiger charge is 2.20. The molecule has 0 aromatic heterocycles. The van der Waals surface area contributed by atoms with Crippen LogP contribution in [0.5, 0.6) is 0 Å². The van der Waals surface area contributed by atoms with Gasteiger partial charge in [0.05, 0.1) is 11.4 Å².